The van der Waals surface area contributed by atoms with Gasteiger partial charge in [-0.25, -0.2) is 0 Å². The third-order valence-electron chi connectivity index (χ3n) is 4.12. The maximum absolute atomic E-state index is 12.5. The number of hydrogen-bond donors (Lipinski definition) is 2. The van der Waals surface area contributed by atoms with Gasteiger partial charge in [0.05, 0.1) is 7.11 Å². The lowest BCUT2D eigenvalue weighted by molar-refractivity contribution is 0.102. The zero-order valence-corrected chi connectivity index (χ0v) is 14.2. The molecule has 0 fully saturated rings. The Labute approximate surface area is 147 Å². The Hall–Kier alpha value is -3.27. The molecule has 0 bridgehead atoms. The van der Waals surface area contributed by atoms with Crippen LogP contribution in [-0.4, -0.2) is 13.0 Å². The number of nitrogens with one attached hydrogen (secondary N) is 1. The highest BCUT2D eigenvalue weighted by atomic mass is 16.5. The van der Waals surface area contributed by atoms with Crippen LogP contribution in [0.3, 0.4) is 0 Å². The molecule has 0 radical (unpaired) electrons. The molecule has 0 saturated heterocycles. The smallest absolute Gasteiger partial charge is 0.255 e. The molecule has 0 atom stereocenters. The summed E-state index contributed by atoms with van der Waals surface area (Å²) < 4.78 is 5.41. The van der Waals surface area contributed by atoms with Gasteiger partial charge in [-0.1, -0.05) is 30.3 Å². The van der Waals surface area contributed by atoms with Gasteiger partial charge in [-0.15, -0.1) is 0 Å². The second-order valence-corrected chi connectivity index (χ2v) is 5.79. The first-order valence-electron chi connectivity index (χ1n) is 7.99. The van der Waals surface area contributed by atoms with E-state index in [0.717, 1.165) is 22.4 Å². The van der Waals surface area contributed by atoms with Crippen molar-refractivity contribution in [3.63, 3.8) is 0 Å². The minimum Gasteiger partial charge on any atom is -0.497 e. The van der Waals surface area contributed by atoms with Gasteiger partial charge in [0.1, 0.15) is 5.75 Å². The molecule has 4 heteroatoms. The van der Waals surface area contributed by atoms with Crippen molar-refractivity contribution in [2.75, 3.05) is 18.2 Å². The first kappa shape index (κ1) is 16.6. The molecule has 0 aliphatic rings. The van der Waals surface area contributed by atoms with E-state index in [0.29, 0.717) is 17.0 Å². The lowest BCUT2D eigenvalue weighted by Crippen LogP contribution is -2.13. The van der Waals surface area contributed by atoms with Crippen molar-refractivity contribution in [2.45, 2.75) is 6.92 Å². The van der Waals surface area contributed by atoms with Gasteiger partial charge in [-0.2, -0.15) is 0 Å². The largest absolute Gasteiger partial charge is 0.497 e. The molecular formula is C21H20N2O2. The van der Waals surface area contributed by atoms with E-state index < -0.39 is 0 Å². The normalized spacial score (nSPS) is 10.3. The molecule has 0 heterocycles. The second kappa shape index (κ2) is 7.09. The minimum atomic E-state index is -0.153. The Kier molecular flexibility index (Phi) is 4.70. The number of anilines is 2. The molecular weight excluding hydrogens is 312 g/mol. The summed E-state index contributed by atoms with van der Waals surface area (Å²) in [6, 6.07) is 20.5. The number of hydrogen-bond acceptors (Lipinski definition) is 3. The molecule has 1 amide bonds. The molecule has 0 unspecified atom stereocenters. The van der Waals surface area contributed by atoms with Crippen LogP contribution in [0, 0.1) is 6.92 Å². The zero-order chi connectivity index (χ0) is 17.8. The van der Waals surface area contributed by atoms with Gasteiger partial charge in [0.15, 0.2) is 0 Å². The molecule has 126 valence electrons. The predicted molar refractivity (Wildman–Crippen MR) is 102 cm³/mol. The number of rotatable bonds is 4. The summed E-state index contributed by atoms with van der Waals surface area (Å²) >= 11 is 0. The van der Waals surface area contributed by atoms with Gasteiger partial charge < -0.3 is 15.8 Å². The van der Waals surface area contributed by atoms with E-state index in [-0.39, 0.29) is 5.91 Å². The first-order valence-corrected chi connectivity index (χ1v) is 7.99. The quantitative estimate of drug-likeness (QED) is 0.691. The van der Waals surface area contributed by atoms with Crippen LogP contribution in [0.4, 0.5) is 11.4 Å². The molecule has 0 aromatic heterocycles. The topological polar surface area (TPSA) is 64.3 Å². The molecule has 3 rings (SSSR count). The Bertz CT molecular complexity index is 888. The monoisotopic (exact) mass is 332 g/mol. The van der Waals surface area contributed by atoms with Crippen LogP contribution in [0.5, 0.6) is 5.75 Å². The van der Waals surface area contributed by atoms with Crippen LogP contribution < -0.4 is 15.8 Å². The lowest BCUT2D eigenvalue weighted by atomic mass is 9.98. The van der Waals surface area contributed by atoms with Gasteiger partial charge in [0.25, 0.3) is 5.91 Å². The highest BCUT2D eigenvalue weighted by molar-refractivity contribution is 6.05. The summed E-state index contributed by atoms with van der Waals surface area (Å²) in [6.45, 7) is 1.98. The lowest BCUT2D eigenvalue weighted by Gasteiger charge is -2.15. The Morgan fingerprint density at radius 3 is 2.32 bits per heavy atom. The number of amides is 1. The fraction of sp³-hybridized carbons (Fsp3) is 0.0952. The van der Waals surface area contributed by atoms with Crippen molar-refractivity contribution in [3.8, 4) is 16.9 Å². The van der Waals surface area contributed by atoms with Crippen molar-refractivity contribution in [3.05, 3.63) is 77.9 Å². The maximum atomic E-state index is 12.5. The highest BCUT2D eigenvalue weighted by Gasteiger charge is 2.13. The standard InChI is InChI=1S/C21H20N2O2/c1-14-19(15-8-10-17(22)11-9-15)12-18(25-2)13-20(14)23-21(24)16-6-4-3-5-7-16/h3-13H,22H2,1-2H3,(H,23,24). The van der Waals surface area contributed by atoms with Crippen LogP contribution in [0.1, 0.15) is 15.9 Å². The molecule has 25 heavy (non-hydrogen) atoms. The number of carbonyl (C=O) groups is 1. The Morgan fingerprint density at radius 1 is 1.00 bits per heavy atom. The van der Waals surface area contributed by atoms with Crippen LogP contribution >= 0.6 is 0 Å². The Morgan fingerprint density at radius 2 is 1.68 bits per heavy atom. The summed E-state index contributed by atoms with van der Waals surface area (Å²) in [7, 11) is 1.61. The maximum Gasteiger partial charge on any atom is 0.255 e. The van der Waals surface area contributed by atoms with Crippen molar-refractivity contribution >= 4 is 17.3 Å². The van der Waals surface area contributed by atoms with Gasteiger partial charge in [-0.05, 0) is 53.9 Å². The number of nitrogens with two attached hydrogens (primary N) is 1. The molecule has 3 N–H and O–H groups in total. The van der Waals surface area contributed by atoms with Gasteiger partial charge in [0, 0.05) is 23.0 Å². The van der Waals surface area contributed by atoms with Crippen LogP contribution in [0.25, 0.3) is 11.1 Å². The van der Waals surface area contributed by atoms with Crippen LogP contribution in [-0.2, 0) is 0 Å². The molecule has 0 aliphatic carbocycles. The second-order valence-electron chi connectivity index (χ2n) is 5.79. The average Bonchev–Trinajstić information content (AvgIpc) is 2.65. The van der Waals surface area contributed by atoms with E-state index >= 15 is 0 Å². The van der Waals surface area contributed by atoms with E-state index in [4.69, 9.17) is 10.5 Å². The summed E-state index contributed by atoms with van der Waals surface area (Å²) in [4.78, 5) is 12.5. The first-order chi connectivity index (χ1) is 12.1. The molecule has 0 spiro atoms. The fourth-order valence-corrected chi connectivity index (χ4v) is 2.68. The van der Waals surface area contributed by atoms with Crippen molar-refractivity contribution < 1.29 is 9.53 Å². The summed E-state index contributed by atoms with van der Waals surface area (Å²) in [5, 5.41) is 2.98. The van der Waals surface area contributed by atoms with Crippen LogP contribution in [0.2, 0.25) is 0 Å². The molecule has 4 nitrogen and oxygen atoms in total. The predicted octanol–water partition coefficient (Wildman–Crippen LogP) is 4.51. The number of methoxy groups -OCH3 is 1. The van der Waals surface area contributed by atoms with E-state index in [1.54, 1.807) is 19.2 Å². The zero-order valence-electron chi connectivity index (χ0n) is 14.2. The third-order valence-corrected chi connectivity index (χ3v) is 4.12. The summed E-state index contributed by atoms with van der Waals surface area (Å²) in [6.07, 6.45) is 0. The van der Waals surface area contributed by atoms with E-state index in [9.17, 15) is 4.79 Å². The minimum absolute atomic E-state index is 0.153. The van der Waals surface area contributed by atoms with Crippen LogP contribution in [0.15, 0.2) is 66.7 Å². The van der Waals surface area contributed by atoms with Crippen molar-refractivity contribution in [2.24, 2.45) is 0 Å². The molecule has 0 aliphatic heterocycles. The molecule has 0 saturated carbocycles. The molecule has 3 aromatic rings. The van der Waals surface area contributed by atoms with Crippen molar-refractivity contribution in [1.82, 2.24) is 0 Å². The molecule has 3 aromatic carbocycles. The third kappa shape index (κ3) is 3.63. The van der Waals surface area contributed by atoms with Gasteiger partial charge in [0.2, 0.25) is 0 Å². The van der Waals surface area contributed by atoms with Gasteiger partial charge >= 0.3 is 0 Å². The summed E-state index contributed by atoms with van der Waals surface area (Å²) in [5.74, 6) is 0.529. The number of benzene rings is 3. The summed E-state index contributed by atoms with van der Waals surface area (Å²) in [5.41, 5.74) is 10.8. The number of carbonyl (C=O) groups excluding carboxylic acids is 1. The Balaban J connectivity index is 2.00. The van der Waals surface area contributed by atoms with E-state index in [1.807, 2.05) is 61.5 Å². The van der Waals surface area contributed by atoms with Gasteiger partial charge in [-0.3, -0.25) is 4.79 Å². The SMILES string of the molecule is COc1cc(NC(=O)c2ccccc2)c(C)c(-c2ccc(N)cc2)c1. The average molecular weight is 332 g/mol. The number of nitrogen functional groups attached to an aromatic ring is 1. The number of ether oxygens (including phenoxy) is 1. The van der Waals surface area contributed by atoms with E-state index in [2.05, 4.69) is 5.32 Å². The highest BCUT2D eigenvalue weighted by Crippen LogP contribution is 2.34. The van der Waals surface area contributed by atoms with E-state index in [1.165, 1.54) is 0 Å². The fourth-order valence-electron chi connectivity index (χ4n) is 2.68. The van der Waals surface area contributed by atoms with Crippen molar-refractivity contribution in [1.29, 1.82) is 0 Å².